The molecule has 1 atom stereocenters. The largest absolute Gasteiger partial charge is 0.508 e. The topological polar surface area (TPSA) is 32.3 Å². The summed E-state index contributed by atoms with van der Waals surface area (Å²) in [5.41, 5.74) is 4.24. The van der Waals surface area contributed by atoms with Crippen LogP contribution in [0.15, 0.2) is 36.4 Å². The van der Waals surface area contributed by atoms with Gasteiger partial charge in [-0.15, -0.1) is 0 Å². The van der Waals surface area contributed by atoms with Gasteiger partial charge in [0.1, 0.15) is 11.6 Å². The Morgan fingerprint density at radius 1 is 1.20 bits per heavy atom. The van der Waals surface area contributed by atoms with Gasteiger partial charge in [-0.3, -0.25) is 0 Å². The lowest BCUT2D eigenvalue weighted by Gasteiger charge is -2.28. The first-order chi connectivity index (χ1) is 9.63. The Morgan fingerprint density at radius 3 is 2.90 bits per heavy atom. The van der Waals surface area contributed by atoms with Crippen molar-refractivity contribution >= 4 is 5.69 Å². The molecule has 2 N–H and O–H groups in total. The lowest BCUT2D eigenvalue weighted by molar-refractivity contribution is 0.471. The van der Waals surface area contributed by atoms with Crippen LogP contribution in [0.5, 0.6) is 5.75 Å². The summed E-state index contributed by atoms with van der Waals surface area (Å²) >= 11 is 0. The van der Waals surface area contributed by atoms with E-state index < -0.39 is 0 Å². The van der Waals surface area contributed by atoms with Crippen LogP contribution < -0.4 is 5.32 Å². The molecule has 1 unspecified atom stereocenters. The first-order valence-corrected chi connectivity index (χ1v) is 6.98. The van der Waals surface area contributed by atoms with Crippen LogP contribution in [-0.4, -0.2) is 5.11 Å². The van der Waals surface area contributed by atoms with Crippen molar-refractivity contribution in [3.8, 4) is 5.75 Å². The zero-order valence-corrected chi connectivity index (χ0v) is 11.5. The fourth-order valence-corrected chi connectivity index (χ4v) is 2.87. The highest BCUT2D eigenvalue weighted by atomic mass is 19.1. The predicted octanol–water partition coefficient (Wildman–Crippen LogP) is 4.33. The van der Waals surface area contributed by atoms with Gasteiger partial charge in [-0.2, -0.15) is 0 Å². The van der Waals surface area contributed by atoms with Crippen LogP contribution in [0.25, 0.3) is 0 Å². The number of fused-ring (bicyclic) bond motifs is 1. The van der Waals surface area contributed by atoms with Crippen molar-refractivity contribution in [3.63, 3.8) is 0 Å². The standard InChI is InChI=1S/C17H18FNO/c1-11-5-7-13(18)9-17(11)19-16-4-2-3-12-6-8-14(20)10-15(12)16/h5-10,16,19-20H,2-4H2,1H3. The van der Waals surface area contributed by atoms with E-state index in [1.165, 1.54) is 17.7 Å². The Hall–Kier alpha value is -2.03. The maximum Gasteiger partial charge on any atom is 0.125 e. The van der Waals surface area contributed by atoms with Gasteiger partial charge in [-0.05, 0) is 67.1 Å². The summed E-state index contributed by atoms with van der Waals surface area (Å²) in [5, 5.41) is 13.1. The molecule has 20 heavy (non-hydrogen) atoms. The molecule has 2 nitrogen and oxygen atoms in total. The molecule has 2 aromatic carbocycles. The van der Waals surface area contributed by atoms with E-state index in [1.54, 1.807) is 12.1 Å². The molecular weight excluding hydrogens is 253 g/mol. The second-order valence-corrected chi connectivity index (χ2v) is 5.43. The first-order valence-electron chi connectivity index (χ1n) is 6.98. The fraction of sp³-hybridized carbons (Fsp3) is 0.294. The van der Waals surface area contributed by atoms with Crippen molar-refractivity contribution in [1.82, 2.24) is 0 Å². The van der Waals surface area contributed by atoms with Crippen LogP contribution >= 0.6 is 0 Å². The minimum Gasteiger partial charge on any atom is -0.508 e. The lowest BCUT2D eigenvalue weighted by atomic mass is 9.87. The van der Waals surface area contributed by atoms with Gasteiger partial charge in [-0.25, -0.2) is 4.39 Å². The number of aryl methyl sites for hydroxylation is 2. The molecular formula is C17H18FNO. The zero-order chi connectivity index (χ0) is 14.1. The van der Waals surface area contributed by atoms with Gasteiger partial charge in [0, 0.05) is 5.69 Å². The third kappa shape index (κ3) is 2.48. The van der Waals surface area contributed by atoms with Crippen molar-refractivity contribution in [1.29, 1.82) is 0 Å². The molecule has 104 valence electrons. The number of phenols is 1. The zero-order valence-electron chi connectivity index (χ0n) is 11.5. The van der Waals surface area contributed by atoms with Crippen molar-refractivity contribution < 1.29 is 9.50 Å². The van der Waals surface area contributed by atoms with Crippen LogP contribution in [0, 0.1) is 12.7 Å². The minimum absolute atomic E-state index is 0.131. The van der Waals surface area contributed by atoms with Crippen molar-refractivity contribution in [3.05, 3.63) is 58.9 Å². The molecule has 1 aliphatic carbocycles. The van der Waals surface area contributed by atoms with Gasteiger partial charge >= 0.3 is 0 Å². The van der Waals surface area contributed by atoms with Crippen LogP contribution in [0.2, 0.25) is 0 Å². The van der Waals surface area contributed by atoms with Gasteiger partial charge in [0.2, 0.25) is 0 Å². The third-order valence-electron chi connectivity index (χ3n) is 3.97. The van der Waals surface area contributed by atoms with Gasteiger partial charge in [0.25, 0.3) is 0 Å². The molecule has 0 fully saturated rings. The average Bonchev–Trinajstić information content (AvgIpc) is 2.43. The van der Waals surface area contributed by atoms with E-state index in [1.807, 2.05) is 19.1 Å². The van der Waals surface area contributed by atoms with Crippen LogP contribution in [0.3, 0.4) is 0 Å². The van der Waals surface area contributed by atoms with Gasteiger partial charge in [-0.1, -0.05) is 12.1 Å². The van der Waals surface area contributed by atoms with E-state index in [-0.39, 0.29) is 17.6 Å². The second-order valence-electron chi connectivity index (χ2n) is 5.43. The smallest absolute Gasteiger partial charge is 0.125 e. The number of nitrogens with one attached hydrogen (secondary N) is 1. The van der Waals surface area contributed by atoms with Crippen molar-refractivity contribution in [2.75, 3.05) is 5.32 Å². The molecule has 0 heterocycles. The summed E-state index contributed by atoms with van der Waals surface area (Å²) in [7, 11) is 0. The summed E-state index contributed by atoms with van der Waals surface area (Å²) in [6.07, 6.45) is 3.13. The molecule has 2 aromatic rings. The van der Waals surface area contributed by atoms with E-state index in [0.717, 1.165) is 36.1 Å². The van der Waals surface area contributed by atoms with E-state index in [0.29, 0.717) is 0 Å². The minimum atomic E-state index is -0.231. The Morgan fingerprint density at radius 2 is 2.05 bits per heavy atom. The quantitative estimate of drug-likeness (QED) is 0.852. The van der Waals surface area contributed by atoms with Crippen molar-refractivity contribution in [2.45, 2.75) is 32.2 Å². The molecule has 0 aliphatic heterocycles. The molecule has 0 saturated heterocycles. The Bertz CT molecular complexity index is 639. The number of hydrogen-bond donors (Lipinski definition) is 2. The molecule has 1 aliphatic rings. The van der Waals surface area contributed by atoms with E-state index in [4.69, 9.17) is 0 Å². The van der Waals surface area contributed by atoms with Crippen molar-refractivity contribution in [2.24, 2.45) is 0 Å². The maximum absolute atomic E-state index is 13.4. The molecule has 3 heteroatoms. The van der Waals surface area contributed by atoms with Crippen LogP contribution in [0.4, 0.5) is 10.1 Å². The average molecular weight is 271 g/mol. The Kier molecular flexibility index (Phi) is 3.35. The number of rotatable bonds is 2. The maximum atomic E-state index is 13.4. The number of phenolic OH excluding ortho intramolecular Hbond substituents is 1. The molecule has 0 radical (unpaired) electrons. The normalized spacial score (nSPS) is 17.6. The Balaban J connectivity index is 1.93. The molecule has 0 saturated carbocycles. The summed E-state index contributed by atoms with van der Waals surface area (Å²) in [6, 6.07) is 10.5. The molecule has 0 spiro atoms. The first kappa shape index (κ1) is 13.0. The highest BCUT2D eigenvalue weighted by Gasteiger charge is 2.21. The number of aromatic hydroxyl groups is 1. The molecule has 0 aromatic heterocycles. The molecule has 3 rings (SSSR count). The Labute approximate surface area is 118 Å². The predicted molar refractivity (Wildman–Crippen MR) is 78.5 cm³/mol. The summed E-state index contributed by atoms with van der Waals surface area (Å²) in [5.74, 6) is 0.0541. The molecule has 0 bridgehead atoms. The monoisotopic (exact) mass is 271 g/mol. The fourth-order valence-electron chi connectivity index (χ4n) is 2.87. The lowest BCUT2D eigenvalue weighted by Crippen LogP contribution is -2.17. The number of benzene rings is 2. The van der Waals surface area contributed by atoms with Gasteiger partial charge < -0.3 is 10.4 Å². The van der Waals surface area contributed by atoms with E-state index >= 15 is 0 Å². The highest BCUT2D eigenvalue weighted by Crippen LogP contribution is 2.35. The van der Waals surface area contributed by atoms with E-state index in [2.05, 4.69) is 5.32 Å². The second kappa shape index (κ2) is 5.16. The van der Waals surface area contributed by atoms with E-state index in [9.17, 15) is 9.50 Å². The van der Waals surface area contributed by atoms with Crippen LogP contribution in [-0.2, 0) is 6.42 Å². The summed E-state index contributed by atoms with van der Waals surface area (Å²) < 4.78 is 13.4. The van der Waals surface area contributed by atoms with Gasteiger partial charge in [0.15, 0.2) is 0 Å². The number of halogens is 1. The highest BCUT2D eigenvalue weighted by molar-refractivity contribution is 5.53. The number of hydrogen-bond acceptors (Lipinski definition) is 2. The van der Waals surface area contributed by atoms with Crippen LogP contribution in [0.1, 0.15) is 35.6 Å². The SMILES string of the molecule is Cc1ccc(F)cc1NC1CCCc2ccc(O)cc21. The number of anilines is 1. The summed E-state index contributed by atoms with van der Waals surface area (Å²) in [6.45, 7) is 1.97. The summed E-state index contributed by atoms with van der Waals surface area (Å²) in [4.78, 5) is 0. The van der Waals surface area contributed by atoms with Gasteiger partial charge in [0.05, 0.1) is 6.04 Å². The third-order valence-corrected chi connectivity index (χ3v) is 3.97. The molecule has 0 amide bonds.